The zero-order valence-electron chi connectivity index (χ0n) is 10.8. The molecule has 0 spiro atoms. The molecule has 1 atom stereocenters. The standard InChI is InChI=1S/C13H18N2O4/c1-2-8-19-12(18)15-7-3-5-13(9-14,10-15)6-4-11(16)17/h2H,1,3-8,10H2,(H,16,17). The van der Waals surface area contributed by atoms with Gasteiger partial charge in [-0.05, 0) is 19.3 Å². The van der Waals surface area contributed by atoms with Crippen molar-refractivity contribution in [3.8, 4) is 6.07 Å². The molecule has 104 valence electrons. The second-order valence-electron chi connectivity index (χ2n) is 4.68. The number of amides is 1. The molecular weight excluding hydrogens is 248 g/mol. The lowest BCUT2D eigenvalue weighted by Crippen LogP contribution is -2.46. The van der Waals surface area contributed by atoms with Crippen molar-refractivity contribution in [1.82, 2.24) is 4.90 Å². The number of carbonyl (C=O) groups is 2. The number of hydrogen-bond donors (Lipinski definition) is 1. The number of nitrogens with zero attached hydrogens (tertiary/aromatic N) is 2. The van der Waals surface area contributed by atoms with Crippen LogP contribution in [0.25, 0.3) is 0 Å². The molecule has 0 aromatic carbocycles. The minimum absolute atomic E-state index is 0.0664. The van der Waals surface area contributed by atoms with Crippen LogP contribution in [0, 0.1) is 16.7 Å². The normalized spacial score (nSPS) is 22.4. The fraction of sp³-hybridized carbons (Fsp3) is 0.615. The van der Waals surface area contributed by atoms with Gasteiger partial charge in [0.2, 0.25) is 0 Å². The van der Waals surface area contributed by atoms with Crippen LogP contribution in [0.3, 0.4) is 0 Å². The van der Waals surface area contributed by atoms with Gasteiger partial charge in [0, 0.05) is 19.5 Å². The zero-order valence-corrected chi connectivity index (χ0v) is 10.8. The summed E-state index contributed by atoms with van der Waals surface area (Å²) in [6, 6.07) is 2.18. The van der Waals surface area contributed by atoms with Gasteiger partial charge in [0.05, 0.1) is 11.5 Å². The van der Waals surface area contributed by atoms with E-state index in [2.05, 4.69) is 12.6 Å². The fourth-order valence-electron chi connectivity index (χ4n) is 2.21. The Kier molecular flexibility index (Phi) is 5.37. The number of aliphatic carboxylic acids is 1. The Hall–Kier alpha value is -2.03. The quantitative estimate of drug-likeness (QED) is 0.766. The molecule has 0 bridgehead atoms. The third-order valence-corrected chi connectivity index (χ3v) is 3.21. The predicted molar refractivity (Wildman–Crippen MR) is 67.3 cm³/mol. The van der Waals surface area contributed by atoms with E-state index < -0.39 is 17.5 Å². The molecule has 19 heavy (non-hydrogen) atoms. The second-order valence-corrected chi connectivity index (χ2v) is 4.68. The van der Waals surface area contributed by atoms with E-state index in [-0.39, 0.29) is 26.0 Å². The number of likely N-dealkylation sites (tertiary alicyclic amines) is 1. The van der Waals surface area contributed by atoms with Crippen molar-refractivity contribution in [3.05, 3.63) is 12.7 Å². The maximum absolute atomic E-state index is 11.7. The SMILES string of the molecule is C=CCOC(=O)N1CCCC(C#N)(CCC(=O)O)C1. The highest BCUT2D eigenvalue weighted by molar-refractivity contribution is 5.68. The van der Waals surface area contributed by atoms with Crippen molar-refractivity contribution in [3.63, 3.8) is 0 Å². The van der Waals surface area contributed by atoms with Gasteiger partial charge < -0.3 is 14.7 Å². The largest absolute Gasteiger partial charge is 0.481 e. The number of carboxylic acids is 1. The van der Waals surface area contributed by atoms with Crippen LogP contribution in [0.5, 0.6) is 0 Å². The highest BCUT2D eigenvalue weighted by Gasteiger charge is 2.38. The van der Waals surface area contributed by atoms with Crippen molar-refractivity contribution < 1.29 is 19.4 Å². The van der Waals surface area contributed by atoms with Crippen molar-refractivity contribution in [2.75, 3.05) is 19.7 Å². The molecule has 1 unspecified atom stereocenters. The van der Waals surface area contributed by atoms with Crippen molar-refractivity contribution in [2.24, 2.45) is 5.41 Å². The van der Waals surface area contributed by atoms with Crippen LogP contribution in [0.1, 0.15) is 25.7 Å². The number of piperidine rings is 1. The number of carbonyl (C=O) groups excluding carboxylic acids is 1. The van der Waals surface area contributed by atoms with Gasteiger partial charge in [-0.15, -0.1) is 0 Å². The minimum atomic E-state index is -0.930. The summed E-state index contributed by atoms with van der Waals surface area (Å²) >= 11 is 0. The van der Waals surface area contributed by atoms with Crippen LogP contribution in [0.2, 0.25) is 0 Å². The highest BCUT2D eigenvalue weighted by atomic mass is 16.6. The maximum atomic E-state index is 11.7. The molecule has 1 amide bonds. The minimum Gasteiger partial charge on any atom is -0.481 e. The van der Waals surface area contributed by atoms with E-state index in [1.54, 1.807) is 0 Å². The lowest BCUT2D eigenvalue weighted by Gasteiger charge is -2.37. The molecule has 0 aliphatic carbocycles. The highest BCUT2D eigenvalue weighted by Crippen LogP contribution is 2.34. The Morgan fingerprint density at radius 2 is 2.32 bits per heavy atom. The van der Waals surface area contributed by atoms with E-state index in [1.807, 2.05) is 0 Å². The van der Waals surface area contributed by atoms with Gasteiger partial charge in [-0.25, -0.2) is 4.79 Å². The summed E-state index contributed by atoms with van der Waals surface area (Å²) in [5.74, 6) is -0.930. The third-order valence-electron chi connectivity index (χ3n) is 3.21. The molecule has 0 aromatic rings. The summed E-state index contributed by atoms with van der Waals surface area (Å²) in [5.41, 5.74) is -0.774. The molecule has 0 saturated carbocycles. The molecule has 1 aliphatic heterocycles. The Labute approximate surface area is 112 Å². The van der Waals surface area contributed by atoms with Crippen LogP contribution in [-0.2, 0) is 9.53 Å². The average Bonchev–Trinajstić information content (AvgIpc) is 2.42. The molecule has 1 fully saturated rings. The summed E-state index contributed by atoms with van der Waals surface area (Å²) < 4.78 is 4.94. The lowest BCUT2D eigenvalue weighted by molar-refractivity contribution is -0.137. The summed E-state index contributed by atoms with van der Waals surface area (Å²) in [6.45, 7) is 4.35. The monoisotopic (exact) mass is 266 g/mol. The number of nitriles is 1. The number of rotatable bonds is 5. The van der Waals surface area contributed by atoms with Crippen LogP contribution in [0.4, 0.5) is 4.79 Å². The molecule has 1 heterocycles. The average molecular weight is 266 g/mol. The molecule has 0 radical (unpaired) electrons. The Balaban J connectivity index is 2.64. The summed E-state index contributed by atoms with van der Waals surface area (Å²) in [6.07, 6.45) is 2.48. The molecule has 1 rings (SSSR count). The van der Waals surface area contributed by atoms with Gasteiger partial charge in [-0.2, -0.15) is 5.26 Å². The smallest absolute Gasteiger partial charge is 0.410 e. The van der Waals surface area contributed by atoms with Gasteiger partial charge in [-0.1, -0.05) is 12.7 Å². The summed E-state index contributed by atoms with van der Waals surface area (Å²) in [5, 5.41) is 18.0. The first-order valence-electron chi connectivity index (χ1n) is 6.19. The summed E-state index contributed by atoms with van der Waals surface area (Å²) in [7, 11) is 0. The van der Waals surface area contributed by atoms with Gasteiger partial charge in [0.25, 0.3) is 0 Å². The van der Waals surface area contributed by atoms with E-state index in [0.29, 0.717) is 19.4 Å². The fourth-order valence-corrected chi connectivity index (χ4v) is 2.21. The van der Waals surface area contributed by atoms with Crippen LogP contribution in [0.15, 0.2) is 12.7 Å². The van der Waals surface area contributed by atoms with Gasteiger partial charge in [-0.3, -0.25) is 4.79 Å². The van der Waals surface area contributed by atoms with Crippen LogP contribution < -0.4 is 0 Å². The van der Waals surface area contributed by atoms with E-state index in [1.165, 1.54) is 11.0 Å². The van der Waals surface area contributed by atoms with Crippen LogP contribution >= 0.6 is 0 Å². The molecule has 1 N–H and O–H groups in total. The molecule has 1 saturated heterocycles. The topological polar surface area (TPSA) is 90.6 Å². The maximum Gasteiger partial charge on any atom is 0.410 e. The molecular formula is C13H18N2O4. The Morgan fingerprint density at radius 1 is 1.58 bits per heavy atom. The second kappa shape index (κ2) is 6.78. The van der Waals surface area contributed by atoms with Crippen molar-refractivity contribution in [1.29, 1.82) is 5.26 Å². The van der Waals surface area contributed by atoms with E-state index in [0.717, 1.165) is 0 Å². The predicted octanol–water partition coefficient (Wildman–Crippen LogP) is 1.78. The van der Waals surface area contributed by atoms with Gasteiger partial charge >= 0.3 is 12.1 Å². The first kappa shape index (κ1) is 15.0. The van der Waals surface area contributed by atoms with Crippen molar-refractivity contribution in [2.45, 2.75) is 25.7 Å². The summed E-state index contributed by atoms with van der Waals surface area (Å²) in [4.78, 5) is 23.8. The number of ether oxygens (including phenoxy) is 1. The first-order valence-corrected chi connectivity index (χ1v) is 6.19. The zero-order chi connectivity index (χ0) is 14.3. The van der Waals surface area contributed by atoms with E-state index in [9.17, 15) is 14.9 Å². The number of carboxylic acid groups (broad SMARTS) is 1. The first-order chi connectivity index (χ1) is 9.03. The molecule has 6 nitrogen and oxygen atoms in total. The lowest BCUT2D eigenvalue weighted by atomic mass is 9.77. The van der Waals surface area contributed by atoms with Gasteiger partial charge in [0.1, 0.15) is 6.61 Å². The molecule has 0 aromatic heterocycles. The van der Waals surface area contributed by atoms with E-state index >= 15 is 0 Å². The van der Waals surface area contributed by atoms with Gasteiger partial charge in [0.15, 0.2) is 0 Å². The van der Waals surface area contributed by atoms with E-state index in [4.69, 9.17) is 9.84 Å². The Bertz CT molecular complexity index is 402. The van der Waals surface area contributed by atoms with Crippen LogP contribution in [-0.4, -0.2) is 41.8 Å². The Morgan fingerprint density at radius 3 is 2.89 bits per heavy atom. The molecule has 1 aliphatic rings. The third kappa shape index (κ3) is 4.28. The van der Waals surface area contributed by atoms with Crippen molar-refractivity contribution >= 4 is 12.1 Å². The molecule has 6 heteroatoms. The number of hydrogen-bond acceptors (Lipinski definition) is 4.